The third-order valence-electron chi connectivity index (χ3n) is 2.89. The van der Waals surface area contributed by atoms with Gasteiger partial charge in [0.15, 0.2) is 0 Å². The zero-order valence-corrected chi connectivity index (χ0v) is 8.99. The summed E-state index contributed by atoms with van der Waals surface area (Å²) in [7, 11) is 0. The highest BCUT2D eigenvalue weighted by Gasteiger charge is 2.20. The van der Waals surface area contributed by atoms with Gasteiger partial charge >= 0.3 is 0 Å². The Hall–Kier alpha value is -0.980. The first-order valence-electron chi connectivity index (χ1n) is 5.53. The van der Waals surface area contributed by atoms with E-state index in [2.05, 4.69) is 38.1 Å². The van der Waals surface area contributed by atoms with Gasteiger partial charge in [0.05, 0.1) is 6.10 Å². The number of ether oxygens (including phenoxy) is 1. The zero-order chi connectivity index (χ0) is 9.97. The molecule has 0 radical (unpaired) electrons. The van der Waals surface area contributed by atoms with E-state index in [1.807, 2.05) is 0 Å². The summed E-state index contributed by atoms with van der Waals surface area (Å²) in [6.45, 7) is 4.42. The van der Waals surface area contributed by atoms with Crippen molar-refractivity contribution in [1.29, 1.82) is 0 Å². The lowest BCUT2D eigenvalue weighted by Gasteiger charge is -2.28. The van der Waals surface area contributed by atoms with E-state index in [0.717, 1.165) is 5.75 Å². The van der Waals surface area contributed by atoms with Gasteiger partial charge in [0.2, 0.25) is 0 Å². The summed E-state index contributed by atoms with van der Waals surface area (Å²) in [6.07, 6.45) is 4.27. The van der Waals surface area contributed by atoms with Crippen LogP contribution in [-0.4, -0.2) is 6.10 Å². The second kappa shape index (κ2) is 4.04. The molecule has 0 saturated heterocycles. The van der Waals surface area contributed by atoms with Crippen LogP contribution in [0, 0.1) is 0 Å². The molecule has 0 amide bonds. The Morgan fingerprint density at radius 2 is 1.93 bits per heavy atom. The normalized spacial score (nSPS) is 16.8. The number of benzene rings is 1. The Labute approximate surface area is 86.1 Å². The molecule has 0 aromatic heterocycles. The van der Waals surface area contributed by atoms with Crippen molar-refractivity contribution in [1.82, 2.24) is 0 Å². The van der Waals surface area contributed by atoms with Crippen LogP contribution in [0.4, 0.5) is 0 Å². The highest BCUT2D eigenvalue weighted by molar-refractivity contribution is 5.35. The van der Waals surface area contributed by atoms with Crippen molar-refractivity contribution >= 4 is 0 Å². The molecule has 1 saturated carbocycles. The molecule has 1 aliphatic rings. The van der Waals surface area contributed by atoms with Crippen LogP contribution in [-0.2, 0) is 0 Å². The SMILES string of the molecule is CC(C)c1ccccc1OC1CCC1. The standard InChI is InChI=1S/C13H18O/c1-10(2)12-8-3-4-9-13(12)14-11-6-5-7-11/h3-4,8-11H,5-7H2,1-2H3. The van der Waals surface area contributed by atoms with E-state index in [9.17, 15) is 0 Å². The smallest absolute Gasteiger partial charge is 0.123 e. The van der Waals surface area contributed by atoms with Gasteiger partial charge in [-0.1, -0.05) is 32.0 Å². The van der Waals surface area contributed by atoms with Crippen molar-refractivity contribution in [2.24, 2.45) is 0 Å². The van der Waals surface area contributed by atoms with Crippen LogP contribution in [0.2, 0.25) is 0 Å². The van der Waals surface area contributed by atoms with Crippen LogP contribution in [0.1, 0.15) is 44.6 Å². The maximum atomic E-state index is 5.94. The van der Waals surface area contributed by atoms with Gasteiger partial charge in [0.25, 0.3) is 0 Å². The number of hydrogen-bond donors (Lipinski definition) is 0. The van der Waals surface area contributed by atoms with Gasteiger partial charge in [0, 0.05) is 0 Å². The highest BCUT2D eigenvalue weighted by atomic mass is 16.5. The summed E-state index contributed by atoms with van der Waals surface area (Å²) in [5.41, 5.74) is 1.33. The van der Waals surface area contributed by atoms with Gasteiger partial charge < -0.3 is 4.74 Å². The molecular formula is C13H18O. The summed E-state index contributed by atoms with van der Waals surface area (Å²) >= 11 is 0. The van der Waals surface area contributed by atoms with E-state index >= 15 is 0 Å². The molecule has 0 aliphatic heterocycles. The third-order valence-corrected chi connectivity index (χ3v) is 2.89. The number of para-hydroxylation sites is 1. The Bertz CT molecular complexity index is 300. The average Bonchev–Trinajstić information content (AvgIpc) is 2.12. The highest BCUT2D eigenvalue weighted by Crippen LogP contribution is 2.30. The number of hydrogen-bond acceptors (Lipinski definition) is 1. The molecule has 1 heteroatoms. The summed E-state index contributed by atoms with van der Waals surface area (Å²) in [5, 5.41) is 0. The molecular weight excluding hydrogens is 172 g/mol. The second-order valence-corrected chi connectivity index (χ2v) is 4.36. The second-order valence-electron chi connectivity index (χ2n) is 4.36. The van der Waals surface area contributed by atoms with E-state index in [-0.39, 0.29) is 0 Å². The lowest BCUT2D eigenvalue weighted by Crippen LogP contribution is -2.25. The van der Waals surface area contributed by atoms with Crippen molar-refractivity contribution in [3.63, 3.8) is 0 Å². The van der Waals surface area contributed by atoms with E-state index in [0.29, 0.717) is 12.0 Å². The lowest BCUT2D eigenvalue weighted by molar-refractivity contribution is 0.119. The van der Waals surface area contributed by atoms with Crippen molar-refractivity contribution in [3.05, 3.63) is 29.8 Å². The fraction of sp³-hybridized carbons (Fsp3) is 0.538. The van der Waals surface area contributed by atoms with Crippen molar-refractivity contribution in [2.45, 2.75) is 45.1 Å². The molecule has 1 aromatic rings. The van der Waals surface area contributed by atoms with E-state index in [4.69, 9.17) is 4.74 Å². The van der Waals surface area contributed by atoms with Crippen LogP contribution in [0.15, 0.2) is 24.3 Å². The molecule has 1 nitrogen and oxygen atoms in total. The minimum atomic E-state index is 0.481. The van der Waals surface area contributed by atoms with E-state index in [1.165, 1.54) is 24.8 Å². The fourth-order valence-electron chi connectivity index (χ4n) is 1.73. The molecule has 1 aliphatic carbocycles. The summed E-state index contributed by atoms with van der Waals surface area (Å²) in [5.74, 6) is 1.64. The predicted molar refractivity (Wildman–Crippen MR) is 58.8 cm³/mol. The van der Waals surface area contributed by atoms with Crippen molar-refractivity contribution in [2.75, 3.05) is 0 Å². The summed E-state index contributed by atoms with van der Waals surface area (Å²) in [6, 6.07) is 8.40. The average molecular weight is 190 g/mol. The first-order valence-corrected chi connectivity index (χ1v) is 5.53. The molecule has 0 heterocycles. The van der Waals surface area contributed by atoms with Crippen LogP contribution >= 0.6 is 0 Å². The molecule has 0 N–H and O–H groups in total. The largest absolute Gasteiger partial charge is 0.490 e. The molecule has 1 fully saturated rings. The van der Waals surface area contributed by atoms with E-state index < -0.39 is 0 Å². The first-order chi connectivity index (χ1) is 6.77. The fourth-order valence-corrected chi connectivity index (χ4v) is 1.73. The molecule has 0 atom stereocenters. The Morgan fingerprint density at radius 1 is 1.21 bits per heavy atom. The lowest BCUT2D eigenvalue weighted by atomic mass is 9.95. The molecule has 0 unspecified atom stereocenters. The molecule has 14 heavy (non-hydrogen) atoms. The molecule has 0 spiro atoms. The van der Waals surface area contributed by atoms with Gasteiger partial charge in [-0.05, 0) is 36.8 Å². The summed E-state index contributed by atoms with van der Waals surface area (Å²) in [4.78, 5) is 0. The maximum absolute atomic E-state index is 5.94. The first kappa shape index (κ1) is 9.57. The van der Waals surface area contributed by atoms with Gasteiger partial charge in [-0.15, -0.1) is 0 Å². The van der Waals surface area contributed by atoms with Gasteiger partial charge in [-0.3, -0.25) is 0 Å². The quantitative estimate of drug-likeness (QED) is 0.705. The topological polar surface area (TPSA) is 9.23 Å². The van der Waals surface area contributed by atoms with Crippen LogP contribution < -0.4 is 4.74 Å². The zero-order valence-electron chi connectivity index (χ0n) is 8.99. The Kier molecular flexibility index (Phi) is 2.76. The molecule has 0 bridgehead atoms. The van der Waals surface area contributed by atoms with Crippen molar-refractivity contribution < 1.29 is 4.74 Å². The minimum absolute atomic E-state index is 0.481. The van der Waals surface area contributed by atoms with E-state index in [1.54, 1.807) is 0 Å². The minimum Gasteiger partial charge on any atom is -0.490 e. The predicted octanol–water partition coefficient (Wildman–Crippen LogP) is 3.74. The van der Waals surface area contributed by atoms with Crippen molar-refractivity contribution in [3.8, 4) is 5.75 Å². The maximum Gasteiger partial charge on any atom is 0.123 e. The van der Waals surface area contributed by atoms with Crippen LogP contribution in [0.5, 0.6) is 5.75 Å². The van der Waals surface area contributed by atoms with Gasteiger partial charge in [-0.25, -0.2) is 0 Å². The molecule has 1 aromatic carbocycles. The Morgan fingerprint density at radius 3 is 2.50 bits per heavy atom. The van der Waals surface area contributed by atoms with Crippen LogP contribution in [0.25, 0.3) is 0 Å². The van der Waals surface area contributed by atoms with Gasteiger partial charge in [-0.2, -0.15) is 0 Å². The third kappa shape index (κ3) is 1.92. The summed E-state index contributed by atoms with van der Waals surface area (Å²) < 4.78 is 5.94. The number of rotatable bonds is 3. The van der Waals surface area contributed by atoms with Crippen LogP contribution in [0.3, 0.4) is 0 Å². The monoisotopic (exact) mass is 190 g/mol. The molecule has 2 rings (SSSR count). The van der Waals surface area contributed by atoms with Gasteiger partial charge in [0.1, 0.15) is 5.75 Å². The Balaban J connectivity index is 2.13. The molecule has 76 valence electrons.